The highest BCUT2D eigenvalue weighted by Crippen LogP contribution is 2.38. The van der Waals surface area contributed by atoms with E-state index in [4.69, 9.17) is 18.6 Å². The number of fused-ring (bicyclic) bond motifs is 1. The van der Waals surface area contributed by atoms with Gasteiger partial charge < -0.3 is 59.3 Å². The molecule has 82 heavy (non-hydrogen) atoms. The SMILES string of the molecule is CC[C@H](C)[C@H]1NC(=O)[C@@H](NC(=O)[C@@H](CC(C)C)N(C)C(=O)[C@@H]2CCCN2C(=O)[C@H](C)O[Si](C)(C)C(C)(C)C)[C@@H](C)OC(=O)[C@H](Cc2ccc(OC)cc2)N(C)C(=O)[C@@H]2CCCN2C(=O)[C@H](CC(C)C)NC(=O)[C@H](C(C)C)OC(=O)C[C@@H]1O. The number of aliphatic hydroxyl groups is 1. The van der Waals surface area contributed by atoms with Crippen molar-refractivity contribution in [1.82, 2.24) is 35.6 Å². The van der Waals surface area contributed by atoms with E-state index < -0.39 is 141 Å². The largest absolute Gasteiger partial charge is 0.497 e. The van der Waals surface area contributed by atoms with Crippen molar-refractivity contribution in [3.8, 4) is 5.75 Å². The molecule has 12 atom stereocenters. The van der Waals surface area contributed by atoms with E-state index in [0.717, 1.165) is 0 Å². The number of likely N-dealkylation sites (tertiary alicyclic amines) is 1. The van der Waals surface area contributed by atoms with Crippen LogP contribution in [-0.4, -0.2) is 187 Å². The third kappa shape index (κ3) is 17.7. The molecule has 0 aromatic heterocycles. The molecular formula is C60H99N7O14Si. The molecule has 3 heterocycles. The number of ether oxygens (including phenoxy) is 3. The maximum Gasteiger partial charge on any atom is 0.329 e. The number of esters is 2. The molecule has 0 bridgehead atoms. The lowest BCUT2D eigenvalue weighted by molar-refractivity contribution is -0.162. The summed E-state index contributed by atoms with van der Waals surface area (Å²) in [6.45, 7) is 28.3. The average Bonchev–Trinajstić information content (AvgIpc) is 4.29. The number of nitrogens with zero attached hydrogens (tertiary/aromatic N) is 4. The van der Waals surface area contributed by atoms with Crippen LogP contribution in [0.4, 0.5) is 0 Å². The summed E-state index contributed by atoms with van der Waals surface area (Å²) in [5, 5.41) is 20.2. The van der Waals surface area contributed by atoms with Crippen LogP contribution in [0, 0.1) is 23.7 Å². The van der Waals surface area contributed by atoms with Gasteiger partial charge in [0, 0.05) is 33.6 Å². The molecule has 22 heteroatoms. The third-order valence-corrected chi connectivity index (χ3v) is 21.5. The number of likely N-dealkylation sites (N-methyl/N-ethyl adjacent to an activating group) is 2. The molecule has 3 aliphatic rings. The van der Waals surface area contributed by atoms with Gasteiger partial charge in [0.15, 0.2) is 14.4 Å². The number of amides is 7. The summed E-state index contributed by atoms with van der Waals surface area (Å²) in [4.78, 5) is 137. The number of cyclic esters (lactones) is 2. The molecule has 3 aliphatic heterocycles. The van der Waals surface area contributed by atoms with E-state index in [1.807, 2.05) is 34.6 Å². The molecule has 3 saturated heterocycles. The molecule has 4 N–H and O–H groups in total. The molecule has 462 valence electrons. The van der Waals surface area contributed by atoms with Crippen LogP contribution in [0.15, 0.2) is 24.3 Å². The Labute approximate surface area is 488 Å². The summed E-state index contributed by atoms with van der Waals surface area (Å²) < 4.78 is 23.8. The molecular weight excluding hydrogens is 1070 g/mol. The average molecular weight is 1170 g/mol. The number of methoxy groups -OCH3 is 1. The monoisotopic (exact) mass is 1170 g/mol. The topological polar surface area (TPSA) is 260 Å². The van der Waals surface area contributed by atoms with Crippen molar-refractivity contribution in [2.75, 3.05) is 34.3 Å². The Bertz CT molecular complexity index is 2400. The van der Waals surface area contributed by atoms with Gasteiger partial charge in [-0.1, -0.05) is 94.7 Å². The van der Waals surface area contributed by atoms with Gasteiger partial charge in [-0.05, 0) is 112 Å². The second-order valence-corrected chi connectivity index (χ2v) is 30.4. The van der Waals surface area contributed by atoms with Crippen molar-refractivity contribution >= 4 is 61.6 Å². The van der Waals surface area contributed by atoms with Gasteiger partial charge in [-0.2, -0.15) is 0 Å². The van der Waals surface area contributed by atoms with Crippen LogP contribution in [0.1, 0.15) is 147 Å². The lowest BCUT2D eigenvalue weighted by atomic mass is 9.92. The molecule has 0 saturated carbocycles. The Kier molecular flexibility index (Phi) is 25.0. The number of rotatable bonds is 17. The lowest BCUT2D eigenvalue weighted by Gasteiger charge is -2.39. The summed E-state index contributed by atoms with van der Waals surface area (Å²) in [6, 6.07) is -1.71. The molecule has 0 unspecified atom stereocenters. The minimum Gasteiger partial charge on any atom is -0.497 e. The normalized spacial score (nSPS) is 26.3. The number of benzene rings is 1. The molecule has 0 radical (unpaired) electrons. The maximum atomic E-state index is 15.1. The Morgan fingerprint density at radius 2 is 1.50 bits per heavy atom. The highest BCUT2D eigenvalue weighted by atomic mass is 28.4. The number of nitrogens with one attached hydrogen (secondary N) is 3. The van der Waals surface area contributed by atoms with Crippen molar-refractivity contribution in [2.24, 2.45) is 23.7 Å². The fourth-order valence-electron chi connectivity index (χ4n) is 10.7. The molecule has 0 aliphatic carbocycles. The van der Waals surface area contributed by atoms with Gasteiger partial charge in [-0.3, -0.25) is 38.4 Å². The van der Waals surface area contributed by atoms with Gasteiger partial charge in [-0.15, -0.1) is 0 Å². The molecule has 21 nitrogen and oxygen atoms in total. The first-order valence-electron chi connectivity index (χ1n) is 29.6. The first kappa shape index (κ1) is 68.9. The lowest BCUT2D eigenvalue weighted by Crippen LogP contribution is -2.62. The number of carbonyl (C=O) groups is 9. The second-order valence-electron chi connectivity index (χ2n) is 25.7. The van der Waals surface area contributed by atoms with Crippen LogP contribution >= 0.6 is 0 Å². The van der Waals surface area contributed by atoms with E-state index in [0.29, 0.717) is 43.5 Å². The third-order valence-electron chi connectivity index (χ3n) is 16.9. The molecule has 3 fully saturated rings. The van der Waals surface area contributed by atoms with E-state index in [9.17, 15) is 33.9 Å². The van der Waals surface area contributed by atoms with E-state index in [1.54, 1.807) is 52.0 Å². The van der Waals surface area contributed by atoms with Crippen LogP contribution in [0.5, 0.6) is 5.75 Å². The first-order chi connectivity index (χ1) is 38.1. The van der Waals surface area contributed by atoms with Crippen molar-refractivity contribution in [1.29, 1.82) is 0 Å². The van der Waals surface area contributed by atoms with Gasteiger partial charge >= 0.3 is 11.9 Å². The first-order valence-corrected chi connectivity index (χ1v) is 32.5. The fraction of sp³-hybridized carbons (Fsp3) is 0.750. The van der Waals surface area contributed by atoms with Crippen molar-refractivity contribution < 1.29 is 66.9 Å². The summed E-state index contributed by atoms with van der Waals surface area (Å²) in [6.07, 6.45) is -3.84. The zero-order valence-electron chi connectivity index (χ0n) is 52.3. The van der Waals surface area contributed by atoms with Crippen LogP contribution in [-0.2, 0) is 63.5 Å². The summed E-state index contributed by atoms with van der Waals surface area (Å²) >= 11 is 0. The molecule has 7 amide bonds. The van der Waals surface area contributed by atoms with Crippen molar-refractivity contribution in [2.45, 2.75) is 233 Å². The van der Waals surface area contributed by atoms with E-state index in [1.165, 1.54) is 47.7 Å². The highest BCUT2D eigenvalue weighted by molar-refractivity contribution is 6.74. The van der Waals surface area contributed by atoms with Crippen LogP contribution in [0.3, 0.4) is 0 Å². The van der Waals surface area contributed by atoms with E-state index in [2.05, 4.69) is 49.8 Å². The number of carbonyl (C=O) groups excluding carboxylic acids is 9. The Morgan fingerprint density at radius 1 is 0.878 bits per heavy atom. The summed E-state index contributed by atoms with van der Waals surface area (Å²) in [7, 11) is 2.03. The fourth-order valence-corrected chi connectivity index (χ4v) is 12.1. The number of aliphatic hydroxyl groups excluding tert-OH is 1. The number of hydrogen-bond acceptors (Lipinski definition) is 14. The predicted molar refractivity (Wildman–Crippen MR) is 312 cm³/mol. The van der Waals surface area contributed by atoms with Crippen LogP contribution in [0.2, 0.25) is 18.1 Å². The van der Waals surface area contributed by atoms with Crippen molar-refractivity contribution in [3.05, 3.63) is 29.8 Å². The Hall–Kier alpha value is -5.61. The predicted octanol–water partition coefficient (Wildman–Crippen LogP) is 5.14. The van der Waals surface area contributed by atoms with Crippen molar-refractivity contribution in [3.63, 3.8) is 0 Å². The maximum absolute atomic E-state index is 15.1. The second kappa shape index (κ2) is 29.8. The van der Waals surface area contributed by atoms with Gasteiger partial charge in [0.1, 0.15) is 54.2 Å². The summed E-state index contributed by atoms with van der Waals surface area (Å²) in [5.74, 6) is -7.13. The van der Waals surface area contributed by atoms with Crippen LogP contribution in [0.25, 0.3) is 0 Å². The number of hydrogen-bond donors (Lipinski definition) is 4. The zero-order chi connectivity index (χ0) is 61.9. The van der Waals surface area contributed by atoms with E-state index in [-0.39, 0.29) is 55.0 Å². The molecule has 4 rings (SSSR count). The standard InChI is InChI=1S/C60H99N7O14Si/c1-19-37(8)49-47(68)33-48(69)80-51(36(6)7)54(72)61-42(30-34(2)3)56(74)67-29-21-23-44(67)58(76)65(15)46(32-40-24-26-41(78-16)27-25-40)59(77)79-38(9)50(53(71)62-49)63-52(70)45(31-35(4)5)64(14)57(75)43-22-20-28-66(43)55(73)39(10)81-82(17,18)60(11,12)13/h24-27,34-39,42-47,49-51,68H,19-23,28-33H2,1-18H3,(H,61,72)(H,62,71)(H,63,70)/t37-,38+,39-,42-,43-,44-,45+,46-,47-,49+,50-,51-/m0/s1. The minimum absolute atomic E-state index is 0.0914. The van der Waals surface area contributed by atoms with Gasteiger partial charge in [0.25, 0.3) is 11.8 Å². The quantitative estimate of drug-likeness (QED) is 0.116. The van der Waals surface area contributed by atoms with Gasteiger partial charge in [0.05, 0.1) is 25.7 Å². The zero-order valence-corrected chi connectivity index (χ0v) is 53.3. The minimum atomic E-state index is -2.39. The highest BCUT2D eigenvalue weighted by Gasteiger charge is 2.47. The molecule has 0 spiro atoms. The molecule has 1 aromatic rings. The van der Waals surface area contributed by atoms with Gasteiger partial charge in [0.2, 0.25) is 29.5 Å². The smallest absolute Gasteiger partial charge is 0.329 e. The van der Waals surface area contributed by atoms with Gasteiger partial charge in [-0.25, -0.2) is 4.79 Å². The van der Waals surface area contributed by atoms with Crippen LogP contribution < -0.4 is 20.7 Å². The summed E-state index contributed by atoms with van der Waals surface area (Å²) in [5.41, 5.74) is 0.605. The molecule has 1 aromatic carbocycles. The Balaban J connectivity index is 1.84. The Morgan fingerprint density at radius 3 is 2.06 bits per heavy atom. The van der Waals surface area contributed by atoms with E-state index >= 15 is 14.4 Å².